The van der Waals surface area contributed by atoms with E-state index in [0.717, 1.165) is 38.2 Å². The van der Waals surface area contributed by atoms with E-state index in [4.69, 9.17) is 11.6 Å². The van der Waals surface area contributed by atoms with E-state index in [1.807, 2.05) is 6.07 Å². The first-order chi connectivity index (χ1) is 9.10. The summed E-state index contributed by atoms with van der Waals surface area (Å²) in [6.45, 7) is 7.40. The zero-order valence-corrected chi connectivity index (χ0v) is 12.4. The number of piperidine rings is 1. The lowest BCUT2D eigenvalue weighted by Crippen LogP contribution is -2.48. The van der Waals surface area contributed by atoms with Crippen molar-refractivity contribution in [1.29, 1.82) is 0 Å². The van der Waals surface area contributed by atoms with Crippen LogP contribution >= 0.6 is 11.6 Å². The molecule has 2 atom stereocenters. The van der Waals surface area contributed by atoms with E-state index in [9.17, 15) is 4.39 Å². The summed E-state index contributed by atoms with van der Waals surface area (Å²) in [7, 11) is 0. The molecular weight excluding hydrogens is 263 g/mol. The van der Waals surface area contributed by atoms with Crippen molar-refractivity contribution in [2.45, 2.75) is 32.7 Å². The van der Waals surface area contributed by atoms with Crippen LogP contribution in [0.4, 0.5) is 10.1 Å². The molecule has 1 aromatic rings. The lowest BCUT2D eigenvalue weighted by molar-refractivity contribution is 0.322. The van der Waals surface area contributed by atoms with Crippen molar-refractivity contribution in [3.8, 4) is 0 Å². The third-order valence-electron chi connectivity index (χ3n) is 3.77. The van der Waals surface area contributed by atoms with Crippen LogP contribution in [0.25, 0.3) is 0 Å². The summed E-state index contributed by atoms with van der Waals surface area (Å²) < 4.78 is 13.4. The van der Waals surface area contributed by atoms with Crippen LogP contribution in [-0.2, 0) is 0 Å². The van der Waals surface area contributed by atoms with Crippen molar-refractivity contribution >= 4 is 17.3 Å². The fourth-order valence-corrected chi connectivity index (χ4v) is 2.95. The first-order valence-corrected chi connectivity index (χ1v) is 7.42. The molecule has 0 saturated carbocycles. The van der Waals surface area contributed by atoms with Crippen molar-refractivity contribution in [2.24, 2.45) is 5.92 Å². The van der Waals surface area contributed by atoms with Gasteiger partial charge in [-0.3, -0.25) is 0 Å². The van der Waals surface area contributed by atoms with Gasteiger partial charge in [0.1, 0.15) is 5.82 Å². The molecule has 0 bridgehead atoms. The van der Waals surface area contributed by atoms with E-state index in [1.165, 1.54) is 6.07 Å². The van der Waals surface area contributed by atoms with Gasteiger partial charge in [0.2, 0.25) is 0 Å². The number of halogens is 2. The van der Waals surface area contributed by atoms with E-state index < -0.39 is 0 Å². The lowest BCUT2D eigenvalue weighted by atomic mass is 9.93. The molecule has 19 heavy (non-hydrogen) atoms. The summed E-state index contributed by atoms with van der Waals surface area (Å²) in [6.07, 6.45) is 2.25. The highest BCUT2D eigenvalue weighted by Gasteiger charge is 2.25. The molecule has 1 saturated heterocycles. The minimum Gasteiger partial charge on any atom is -0.371 e. The Kier molecular flexibility index (Phi) is 5.06. The molecule has 1 fully saturated rings. The molecule has 0 aliphatic carbocycles. The topological polar surface area (TPSA) is 15.3 Å². The summed E-state index contributed by atoms with van der Waals surface area (Å²) in [5, 5.41) is 4.06. The molecular formula is C15H22ClFN2. The SMILES string of the molecule is CCCNC1CCN(c2cc(F)cc(Cl)c2)CC1C. The minimum atomic E-state index is -0.263. The highest BCUT2D eigenvalue weighted by molar-refractivity contribution is 6.30. The van der Waals surface area contributed by atoms with E-state index >= 15 is 0 Å². The maximum absolute atomic E-state index is 13.4. The van der Waals surface area contributed by atoms with E-state index in [-0.39, 0.29) is 5.82 Å². The Hall–Kier alpha value is -0.800. The lowest BCUT2D eigenvalue weighted by Gasteiger charge is -2.38. The summed E-state index contributed by atoms with van der Waals surface area (Å²) >= 11 is 5.92. The normalized spacial score (nSPS) is 23.7. The van der Waals surface area contributed by atoms with Crippen molar-refractivity contribution in [3.05, 3.63) is 29.0 Å². The van der Waals surface area contributed by atoms with Gasteiger partial charge >= 0.3 is 0 Å². The van der Waals surface area contributed by atoms with Gasteiger partial charge in [-0.05, 0) is 43.5 Å². The molecule has 4 heteroatoms. The Bertz CT molecular complexity index is 404. The van der Waals surface area contributed by atoms with Crippen LogP contribution in [0.2, 0.25) is 5.02 Å². The highest BCUT2D eigenvalue weighted by atomic mass is 35.5. The second kappa shape index (κ2) is 6.58. The molecule has 2 rings (SSSR count). The average Bonchev–Trinajstić information content (AvgIpc) is 2.36. The van der Waals surface area contributed by atoms with Crippen molar-refractivity contribution in [1.82, 2.24) is 5.32 Å². The maximum Gasteiger partial charge on any atom is 0.126 e. The van der Waals surface area contributed by atoms with Crippen LogP contribution in [0.5, 0.6) is 0 Å². The van der Waals surface area contributed by atoms with Crippen LogP contribution in [0.1, 0.15) is 26.7 Å². The second-order valence-corrected chi connectivity index (χ2v) is 5.84. The molecule has 1 heterocycles. The zero-order chi connectivity index (χ0) is 13.8. The number of hydrogen-bond acceptors (Lipinski definition) is 2. The van der Waals surface area contributed by atoms with E-state index in [2.05, 4.69) is 24.1 Å². The number of nitrogens with one attached hydrogen (secondary N) is 1. The van der Waals surface area contributed by atoms with Gasteiger partial charge in [-0.1, -0.05) is 25.4 Å². The second-order valence-electron chi connectivity index (χ2n) is 5.40. The van der Waals surface area contributed by atoms with Crippen LogP contribution in [0, 0.1) is 11.7 Å². The summed E-state index contributed by atoms with van der Waals surface area (Å²) in [4.78, 5) is 2.23. The molecule has 0 amide bonds. The first-order valence-electron chi connectivity index (χ1n) is 7.04. The third kappa shape index (κ3) is 3.83. The van der Waals surface area contributed by atoms with Crippen LogP contribution < -0.4 is 10.2 Å². The van der Waals surface area contributed by atoms with Gasteiger partial charge in [0, 0.05) is 29.8 Å². The molecule has 1 aromatic carbocycles. The van der Waals surface area contributed by atoms with Gasteiger partial charge < -0.3 is 10.2 Å². The number of hydrogen-bond donors (Lipinski definition) is 1. The van der Waals surface area contributed by atoms with Gasteiger partial charge in [0.05, 0.1) is 0 Å². The Balaban J connectivity index is 2.01. The van der Waals surface area contributed by atoms with Crippen molar-refractivity contribution in [2.75, 3.05) is 24.5 Å². The van der Waals surface area contributed by atoms with Crippen LogP contribution in [-0.4, -0.2) is 25.7 Å². The molecule has 0 radical (unpaired) electrons. The smallest absolute Gasteiger partial charge is 0.126 e. The Labute approximate surface area is 119 Å². The quantitative estimate of drug-likeness (QED) is 0.907. The van der Waals surface area contributed by atoms with E-state index in [1.54, 1.807) is 6.07 Å². The van der Waals surface area contributed by atoms with Gasteiger partial charge in [0.25, 0.3) is 0 Å². The monoisotopic (exact) mass is 284 g/mol. The Morgan fingerprint density at radius 3 is 2.84 bits per heavy atom. The molecule has 0 aromatic heterocycles. The van der Waals surface area contributed by atoms with Gasteiger partial charge in [-0.15, -0.1) is 0 Å². The summed E-state index contributed by atoms with van der Waals surface area (Å²) in [6, 6.07) is 5.33. The fourth-order valence-electron chi connectivity index (χ4n) is 2.73. The standard InChI is InChI=1S/C15H22ClFN2/c1-3-5-18-15-4-6-19(10-11(15)2)14-8-12(16)7-13(17)9-14/h7-9,11,15,18H,3-6,10H2,1-2H3. The van der Waals surface area contributed by atoms with Crippen molar-refractivity contribution < 1.29 is 4.39 Å². The first kappa shape index (κ1) is 14.6. The summed E-state index contributed by atoms with van der Waals surface area (Å²) in [5.74, 6) is 0.295. The predicted molar refractivity (Wildman–Crippen MR) is 79.5 cm³/mol. The zero-order valence-electron chi connectivity index (χ0n) is 11.6. The number of nitrogens with zero attached hydrogens (tertiary/aromatic N) is 1. The highest BCUT2D eigenvalue weighted by Crippen LogP contribution is 2.26. The average molecular weight is 285 g/mol. The summed E-state index contributed by atoms with van der Waals surface area (Å²) in [5.41, 5.74) is 0.894. The third-order valence-corrected chi connectivity index (χ3v) is 3.99. The molecule has 106 valence electrons. The number of benzene rings is 1. The van der Waals surface area contributed by atoms with Gasteiger partial charge in [0.15, 0.2) is 0 Å². The molecule has 1 N–H and O–H groups in total. The minimum absolute atomic E-state index is 0.263. The Morgan fingerprint density at radius 2 is 2.21 bits per heavy atom. The fraction of sp³-hybridized carbons (Fsp3) is 0.600. The molecule has 2 nitrogen and oxygen atoms in total. The predicted octanol–water partition coefficient (Wildman–Crippen LogP) is 3.69. The van der Waals surface area contributed by atoms with Gasteiger partial charge in [-0.2, -0.15) is 0 Å². The number of rotatable bonds is 4. The largest absolute Gasteiger partial charge is 0.371 e. The molecule has 2 unspecified atom stereocenters. The molecule has 1 aliphatic rings. The van der Waals surface area contributed by atoms with Crippen LogP contribution in [0.3, 0.4) is 0 Å². The van der Waals surface area contributed by atoms with Crippen LogP contribution in [0.15, 0.2) is 18.2 Å². The molecule has 1 aliphatic heterocycles. The molecule has 0 spiro atoms. The maximum atomic E-state index is 13.4. The van der Waals surface area contributed by atoms with Gasteiger partial charge in [-0.25, -0.2) is 4.39 Å². The van der Waals surface area contributed by atoms with Crippen molar-refractivity contribution in [3.63, 3.8) is 0 Å². The number of anilines is 1. The Morgan fingerprint density at radius 1 is 1.42 bits per heavy atom. The van der Waals surface area contributed by atoms with E-state index in [0.29, 0.717) is 17.0 Å².